The van der Waals surface area contributed by atoms with Crippen molar-refractivity contribution in [1.29, 1.82) is 0 Å². The Morgan fingerprint density at radius 3 is 2.45 bits per heavy atom. The van der Waals surface area contributed by atoms with Gasteiger partial charge in [0.1, 0.15) is 11.6 Å². The Labute approximate surface area is 119 Å². The van der Waals surface area contributed by atoms with Crippen molar-refractivity contribution in [3.05, 3.63) is 59.7 Å². The summed E-state index contributed by atoms with van der Waals surface area (Å²) >= 11 is 1.11. The van der Waals surface area contributed by atoms with E-state index in [2.05, 4.69) is 10.0 Å². The minimum absolute atomic E-state index is 0.0755. The van der Waals surface area contributed by atoms with Crippen LogP contribution in [0.4, 0.5) is 19.3 Å². The predicted molar refractivity (Wildman–Crippen MR) is 75.5 cm³/mol. The van der Waals surface area contributed by atoms with Crippen molar-refractivity contribution in [2.75, 3.05) is 5.32 Å². The summed E-state index contributed by atoms with van der Waals surface area (Å²) in [5.74, 6) is -1.51. The van der Waals surface area contributed by atoms with Crippen molar-refractivity contribution in [3.8, 4) is 0 Å². The Balaban J connectivity index is 1.90. The summed E-state index contributed by atoms with van der Waals surface area (Å²) in [6.45, 7) is 1.96. The van der Waals surface area contributed by atoms with Gasteiger partial charge in [-0.2, -0.15) is 0 Å². The molecule has 0 aliphatic rings. The molecule has 2 aromatic rings. The quantitative estimate of drug-likeness (QED) is 0.837. The lowest BCUT2D eigenvalue weighted by atomic mass is 10.2. The molecular formula is C14H12F2N2OS. The molecule has 2 aromatic carbocycles. The van der Waals surface area contributed by atoms with Gasteiger partial charge >= 0.3 is 6.03 Å². The maximum absolute atomic E-state index is 13.3. The summed E-state index contributed by atoms with van der Waals surface area (Å²) in [6, 6.07) is 9.93. The Morgan fingerprint density at radius 1 is 1.10 bits per heavy atom. The fourth-order valence-corrected chi connectivity index (χ4v) is 1.98. The average Bonchev–Trinajstić information content (AvgIpc) is 2.41. The molecule has 2 amide bonds. The van der Waals surface area contributed by atoms with E-state index in [-0.39, 0.29) is 5.69 Å². The summed E-state index contributed by atoms with van der Waals surface area (Å²) in [7, 11) is 0. The van der Waals surface area contributed by atoms with E-state index >= 15 is 0 Å². The molecule has 104 valence electrons. The van der Waals surface area contributed by atoms with Gasteiger partial charge in [-0.3, -0.25) is 4.72 Å². The van der Waals surface area contributed by atoms with Gasteiger partial charge in [-0.25, -0.2) is 13.6 Å². The van der Waals surface area contributed by atoms with Gasteiger partial charge in [-0.05, 0) is 43.1 Å². The second-order valence-corrected chi connectivity index (χ2v) is 4.98. The molecule has 0 aliphatic heterocycles. The third kappa shape index (κ3) is 3.96. The second kappa shape index (κ2) is 6.38. The highest BCUT2D eigenvalue weighted by atomic mass is 32.2. The predicted octanol–water partition coefficient (Wildman–Crippen LogP) is 4.10. The number of halogens is 2. The third-order valence-corrected chi connectivity index (χ3v) is 3.26. The van der Waals surface area contributed by atoms with Gasteiger partial charge < -0.3 is 5.32 Å². The van der Waals surface area contributed by atoms with Crippen LogP contribution in [0.2, 0.25) is 0 Å². The van der Waals surface area contributed by atoms with Crippen LogP contribution in [0.5, 0.6) is 0 Å². The van der Waals surface area contributed by atoms with E-state index in [0.717, 1.165) is 28.5 Å². The van der Waals surface area contributed by atoms with Crippen LogP contribution < -0.4 is 10.0 Å². The van der Waals surface area contributed by atoms with Crippen LogP contribution in [0.1, 0.15) is 5.56 Å². The van der Waals surface area contributed by atoms with Gasteiger partial charge in [0.15, 0.2) is 0 Å². The molecule has 0 aliphatic carbocycles. The van der Waals surface area contributed by atoms with Gasteiger partial charge in [0.05, 0.1) is 5.69 Å². The number of rotatable bonds is 3. The van der Waals surface area contributed by atoms with E-state index in [9.17, 15) is 13.6 Å². The molecule has 20 heavy (non-hydrogen) atoms. The van der Waals surface area contributed by atoms with E-state index in [4.69, 9.17) is 0 Å². The van der Waals surface area contributed by atoms with Crippen molar-refractivity contribution >= 4 is 23.7 Å². The standard InChI is InChI=1S/C14H12F2N2OS/c1-9-2-5-11(6-3-9)20-18-14(19)17-13-7-4-10(15)8-12(13)16/h2-8H,1H3,(H2,17,18,19). The average molecular weight is 294 g/mol. The molecule has 0 radical (unpaired) electrons. The first kappa shape index (κ1) is 14.3. The fourth-order valence-electron chi connectivity index (χ4n) is 1.45. The van der Waals surface area contributed by atoms with Crippen LogP contribution in [0.3, 0.4) is 0 Å². The van der Waals surface area contributed by atoms with Crippen LogP contribution >= 0.6 is 11.9 Å². The van der Waals surface area contributed by atoms with E-state index in [1.165, 1.54) is 6.07 Å². The molecule has 0 saturated carbocycles. The lowest BCUT2D eigenvalue weighted by molar-refractivity contribution is 0.257. The number of benzene rings is 2. The van der Waals surface area contributed by atoms with E-state index in [1.54, 1.807) is 0 Å². The maximum atomic E-state index is 13.3. The minimum atomic E-state index is -0.819. The number of anilines is 1. The zero-order valence-electron chi connectivity index (χ0n) is 10.6. The topological polar surface area (TPSA) is 41.1 Å². The van der Waals surface area contributed by atoms with Gasteiger partial charge in [0, 0.05) is 11.0 Å². The minimum Gasteiger partial charge on any atom is -0.305 e. The summed E-state index contributed by atoms with van der Waals surface area (Å²) < 4.78 is 28.6. The summed E-state index contributed by atoms with van der Waals surface area (Å²) in [5.41, 5.74) is 1.04. The van der Waals surface area contributed by atoms with Crippen molar-refractivity contribution < 1.29 is 13.6 Å². The molecule has 2 N–H and O–H groups in total. The smallest absolute Gasteiger partial charge is 0.305 e. The second-order valence-electron chi connectivity index (χ2n) is 4.10. The van der Waals surface area contributed by atoms with Gasteiger partial charge in [-0.1, -0.05) is 17.7 Å². The highest BCUT2D eigenvalue weighted by molar-refractivity contribution is 7.98. The number of hydrogen-bond donors (Lipinski definition) is 2. The summed E-state index contributed by atoms with van der Waals surface area (Å²) in [4.78, 5) is 12.4. The lowest BCUT2D eigenvalue weighted by Crippen LogP contribution is -2.23. The molecule has 0 unspecified atom stereocenters. The first-order valence-corrected chi connectivity index (χ1v) is 6.62. The lowest BCUT2D eigenvalue weighted by Gasteiger charge is -2.07. The first-order valence-electron chi connectivity index (χ1n) is 5.80. The molecule has 0 fully saturated rings. The largest absolute Gasteiger partial charge is 0.329 e. The Hall–Kier alpha value is -2.08. The number of carbonyl (C=O) groups excluding carboxylic acids is 1. The van der Waals surface area contributed by atoms with Gasteiger partial charge in [0.25, 0.3) is 0 Å². The molecule has 0 saturated heterocycles. The van der Waals surface area contributed by atoms with Crippen LogP contribution in [0.25, 0.3) is 0 Å². The first-order chi connectivity index (χ1) is 9.54. The molecule has 0 heterocycles. The van der Waals surface area contributed by atoms with Crippen LogP contribution in [0.15, 0.2) is 47.4 Å². The zero-order valence-corrected chi connectivity index (χ0v) is 11.4. The molecule has 0 spiro atoms. The van der Waals surface area contributed by atoms with Gasteiger partial charge in [0.2, 0.25) is 0 Å². The van der Waals surface area contributed by atoms with Crippen molar-refractivity contribution in [2.45, 2.75) is 11.8 Å². The number of aryl methyl sites for hydroxylation is 1. The van der Waals surface area contributed by atoms with E-state index in [1.807, 2.05) is 31.2 Å². The summed E-state index contributed by atoms with van der Waals surface area (Å²) in [5, 5.41) is 2.31. The molecule has 6 heteroatoms. The van der Waals surface area contributed by atoms with Crippen molar-refractivity contribution in [2.24, 2.45) is 0 Å². The SMILES string of the molecule is Cc1ccc(SNC(=O)Nc2ccc(F)cc2F)cc1. The maximum Gasteiger partial charge on any atom is 0.329 e. The monoisotopic (exact) mass is 294 g/mol. The van der Waals surface area contributed by atoms with Gasteiger partial charge in [-0.15, -0.1) is 0 Å². The summed E-state index contributed by atoms with van der Waals surface area (Å²) in [6.07, 6.45) is 0. The molecule has 3 nitrogen and oxygen atoms in total. The molecular weight excluding hydrogens is 282 g/mol. The van der Waals surface area contributed by atoms with E-state index < -0.39 is 17.7 Å². The number of amides is 2. The molecule has 2 rings (SSSR count). The fraction of sp³-hybridized carbons (Fsp3) is 0.0714. The molecule has 0 bridgehead atoms. The highest BCUT2D eigenvalue weighted by Crippen LogP contribution is 2.17. The van der Waals surface area contributed by atoms with Crippen LogP contribution in [0, 0.1) is 18.6 Å². The zero-order chi connectivity index (χ0) is 14.5. The van der Waals surface area contributed by atoms with Crippen LogP contribution in [-0.4, -0.2) is 6.03 Å². The number of urea groups is 1. The highest BCUT2D eigenvalue weighted by Gasteiger charge is 2.07. The molecule has 0 aromatic heterocycles. The Bertz CT molecular complexity index is 617. The van der Waals surface area contributed by atoms with Crippen molar-refractivity contribution in [3.63, 3.8) is 0 Å². The Morgan fingerprint density at radius 2 is 1.80 bits per heavy atom. The number of nitrogens with one attached hydrogen (secondary N) is 2. The normalized spacial score (nSPS) is 10.2. The number of hydrogen-bond acceptors (Lipinski definition) is 2. The molecule has 0 atom stereocenters. The Kier molecular flexibility index (Phi) is 4.57. The number of carbonyl (C=O) groups is 1. The third-order valence-electron chi connectivity index (χ3n) is 2.46. The van der Waals surface area contributed by atoms with Crippen molar-refractivity contribution in [1.82, 2.24) is 4.72 Å². The van der Waals surface area contributed by atoms with Crippen LogP contribution in [-0.2, 0) is 0 Å². The van der Waals surface area contributed by atoms with E-state index in [0.29, 0.717) is 6.07 Å².